The number of carbonyl (C=O) groups excluding carboxylic acids is 1. The summed E-state index contributed by atoms with van der Waals surface area (Å²) in [6, 6.07) is 15.0. The molecular formula is C24H22N4O3S2. The molecule has 1 unspecified atom stereocenters. The highest BCUT2D eigenvalue weighted by Gasteiger charge is 2.36. The number of benzene rings is 1. The minimum absolute atomic E-state index is 0.165. The number of nitrogens with one attached hydrogen (secondary N) is 1. The summed E-state index contributed by atoms with van der Waals surface area (Å²) in [5.41, 5.74) is 2.48. The van der Waals surface area contributed by atoms with Crippen LogP contribution in [0.25, 0.3) is 16.3 Å². The second kappa shape index (κ2) is 9.21. The molecule has 0 radical (unpaired) electrons. The number of nitrogens with zero attached hydrogens (tertiary/aromatic N) is 3. The summed E-state index contributed by atoms with van der Waals surface area (Å²) in [5.74, 6) is 1.71. The van der Waals surface area contributed by atoms with E-state index in [1.807, 2.05) is 73.1 Å². The van der Waals surface area contributed by atoms with Crippen LogP contribution in [-0.2, 0) is 6.54 Å². The predicted octanol–water partition coefficient (Wildman–Crippen LogP) is 5.96. The zero-order chi connectivity index (χ0) is 22.8. The lowest BCUT2D eigenvalue weighted by Crippen LogP contribution is -2.45. The van der Waals surface area contributed by atoms with Gasteiger partial charge in [-0.15, -0.1) is 22.7 Å². The van der Waals surface area contributed by atoms with E-state index in [2.05, 4.69) is 15.5 Å². The highest BCUT2D eigenvalue weighted by Crippen LogP contribution is 2.38. The van der Waals surface area contributed by atoms with Crippen LogP contribution in [0.15, 0.2) is 69.5 Å². The first-order valence-corrected chi connectivity index (χ1v) is 12.3. The fraction of sp³-hybridized carbons (Fsp3) is 0.208. The largest absolute Gasteiger partial charge is 0.494 e. The maximum atomic E-state index is 13.1. The van der Waals surface area contributed by atoms with Crippen LogP contribution in [0.3, 0.4) is 0 Å². The summed E-state index contributed by atoms with van der Waals surface area (Å²) < 4.78 is 11.3. The molecule has 0 spiro atoms. The number of rotatable bonds is 7. The van der Waals surface area contributed by atoms with Crippen LogP contribution < -0.4 is 10.1 Å². The maximum absolute atomic E-state index is 13.1. The highest BCUT2D eigenvalue weighted by molar-refractivity contribution is 7.13. The third-order valence-corrected chi connectivity index (χ3v) is 7.14. The van der Waals surface area contributed by atoms with E-state index < -0.39 is 6.04 Å². The molecule has 3 aromatic heterocycles. The van der Waals surface area contributed by atoms with Gasteiger partial charge >= 0.3 is 6.03 Å². The minimum Gasteiger partial charge on any atom is -0.494 e. The molecule has 1 aliphatic rings. The number of ether oxygens (including phenoxy) is 1. The average molecular weight is 479 g/mol. The Hall–Kier alpha value is -3.43. The van der Waals surface area contributed by atoms with Gasteiger partial charge in [0.1, 0.15) is 5.75 Å². The van der Waals surface area contributed by atoms with Crippen LogP contribution in [0.4, 0.5) is 4.79 Å². The number of hydrogen-bond donors (Lipinski definition) is 1. The van der Waals surface area contributed by atoms with Crippen LogP contribution in [0.5, 0.6) is 5.75 Å². The molecule has 4 aromatic rings. The standard InChI is InChI=1S/C24H22N4O3S2/c1-3-30-17-10-8-16(9-11-17)21-20(23-26-22(27-31-23)19-7-5-13-33-19)15(2)28(24(29)25-21)14-18-6-4-12-32-18/h4-13,21H,3,14H2,1-2H3,(H,25,29). The Labute approximate surface area is 199 Å². The number of aromatic nitrogens is 2. The van der Waals surface area contributed by atoms with Gasteiger partial charge in [0.05, 0.1) is 29.6 Å². The molecule has 0 bridgehead atoms. The van der Waals surface area contributed by atoms with E-state index >= 15 is 0 Å². The molecule has 7 nitrogen and oxygen atoms in total. The van der Waals surface area contributed by atoms with Crippen molar-refractivity contribution >= 4 is 34.3 Å². The molecule has 1 N–H and O–H groups in total. The molecule has 2 amide bonds. The van der Waals surface area contributed by atoms with Gasteiger partial charge in [-0.1, -0.05) is 29.4 Å². The Kier molecular flexibility index (Phi) is 5.97. The number of hydrogen-bond acceptors (Lipinski definition) is 7. The summed E-state index contributed by atoms with van der Waals surface area (Å²) in [7, 11) is 0. The zero-order valence-corrected chi connectivity index (χ0v) is 19.8. The van der Waals surface area contributed by atoms with Crippen LogP contribution in [0.1, 0.15) is 36.2 Å². The number of allylic oxidation sites excluding steroid dienone is 1. The van der Waals surface area contributed by atoms with Gasteiger partial charge in [-0.3, -0.25) is 4.90 Å². The van der Waals surface area contributed by atoms with E-state index in [1.165, 1.54) is 0 Å². The van der Waals surface area contributed by atoms with E-state index in [4.69, 9.17) is 9.26 Å². The molecule has 168 valence electrons. The monoisotopic (exact) mass is 478 g/mol. The third-order valence-electron chi connectivity index (χ3n) is 5.41. The summed E-state index contributed by atoms with van der Waals surface area (Å²) in [6.07, 6.45) is 0. The highest BCUT2D eigenvalue weighted by atomic mass is 32.1. The van der Waals surface area contributed by atoms with Gasteiger partial charge in [0, 0.05) is 10.6 Å². The SMILES string of the molecule is CCOc1ccc(C2NC(=O)N(Cc3cccs3)C(C)=C2c2nc(-c3cccs3)no2)cc1. The van der Waals surface area contributed by atoms with Crippen LogP contribution in [0, 0.1) is 0 Å². The molecule has 5 rings (SSSR count). The second-order valence-electron chi connectivity index (χ2n) is 7.45. The molecule has 33 heavy (non-hydrogen) atoms. The molecular weight excluding hydrogens is 456 g/mol. The fourth-order valence-corrected chi connectivity index (χ4v) is 5.16. The lowest BCUT2D eigenvalue weighted by Gasteiger charge is -2.35. The smallest absolute Gasteiger partial charge is 0.322 e. The third kappa shape index (κ3) is 4.29. The number of thiophene rings is 2. The molecule has 9 heteroatoms. The van der Waals surface area contributed by atoms with E-state index in [9.17, 15) is 4.79 Å². The molecule has 4 heterocycles. The van der Waals surface area contributed by atoms with E-state index in [0.29, 0.717) is 24.9 Å². The fourth-order valence-electron chi connectivity index (χ4n) is 3.82. The van der Waals surface area contributed by atoms with Gasteiger partial charge in [0.25, 0.3) is 5.89 Å². The van der Waals surface area contributed by atoms with Crippen molar-refractivity contribution in [1.82, 2.24) is 20.4 Å². The predicted molar refractivity (Wildman–Crippen MR) is 129 cm³/mol. The zero-order valence-electron chi connectivity index (χ0n) is 18.1. The van der Waals surface area contributed by atoms with Crippen molar-refractivity contribution in [3.63, 3.8) is 0 Å². The summed E-state index contributed by atoms with van der Waals surface area (Å²) in [6.45, 7) is 4.94. The van der Waals surface area contributed by atoms with Crippen LogP contribution >= 0.6 is 22.7 Å². The van der Waals surface area contributed by atoms with Gasteiger partial charge in [-0.25, -0.2) is 4.79 Å². The number of carbonyl (C=O) groups is 1. The minimum atomic E-state index is -0.426. The Balaban J connectivity index is 1.57. The van der Waals surface area contributed by atoms with E-state index in [-0.39, 0.29) is 6.03 Å². The van der Waals surface area contributed by atoms with Gasteiger partial charge < -0.3 is 14.6 Å². The van der Waals surface area contributed by atoms with Crippen molar-refractivity contribution in [1.29, 1.82) is 0 Å². The summed E-state index contributed by atoms with van der Waals surface area (Å²) >= 11 is 3.17. The summed E-state index contributed by atoms with van der Waals surface area (Å²) in [4.78, 5) is 21.6. The molecule has 0 fully saturated rings. The first-order valence-electron chi connectivity index (χ1n) is 10.6. The Morgan fingerprint density at radius 2 is 1.91 bits per heavy atom. The Morgan fingerprint density at radius 1 is 1.12 bits per heavy atom. The normalized spacial score (nSPS) is 16.2. The maximum Gasteiger partial charge on any atom is 0.322 e. The van der Waals surface area contributed by atoms with Crippen molar-refractivity contribution in [2.24, 2.45) is 0 Å². The van der Waals surface area contributed by atoms with Gasteiger partial charge in [0.15, 0.2) is 0 Å². The van der Waals surface area contributed by atoms with Crippen LogP contribution in [0.2, 0.25) is 0 Å². The first-order chi connectivity index (χ1) is 16.1. The number of amides is 2. The van der Waals surface area contributed by atoms with E-state index in [1.54, 1.807) is 27.6 Å². The molecule has 0 saturated heterocycles. The van der Waals surface area contributed by atoms with E-state index in [0.717, 1.165) is 32.3 Å². The quantitative estimate of drug-likeness (QED) is 0.355. The lowest BCUT2D eigenvalue weighted by molar-refractivity contribution is 0.203. The van der Waals surface area contributed by atoms with Crippen molar-refractivity contribution < 1.29 is 14.1 Å². The first kappa shape index (κ1) is 21.4. The molecule has 1 aliphatic heterocycles. The molecule has 0 saturated carbocycles. The second-order valence-corrected chi connectivity index (χ2v) is 9.43. The Morgan fingerprint density at radius 3 is 2.61 bits per heavy atom. The van der Waals surface area contributed by atoms with Crippen molar-refractivity contribution in [3.8, 4) is 16.5 Å². The van der Waals surface area contributed by atoms with Crippen molar-refractivity contribution in [2.75, 3.05) is 6.61 Å². The lowest BCUT2D eigenvalue weighted by atomic mass is 9.94. The molecule has 1 aromatic carbocycles. The summed E-state index contributed by atoms with van der Waals surface area (Å²) in [5, 5.41) is 11.3. The van der Waals surface area contributed by atoms with Crippen molar-refractivity contribution in [2.45, 2.75) is 26.4 Å². The molecule has 1 atom stereocenters. The number of urea groups is 1. The van der Waals surface area contributed by atoms with Gasteiger partial charge in [0.2, 0.25) is 5.82 Å². The van der Waals surface area contributed by atoms with Gasteiger partial charge in [-0.05, 0) is 54.4 Å². The van der Waals surface area contributed by atoms with Gasteiger partial charge in [-0.2, -0.15) is 4.98 Å². The van der Waals surface area contributed by atoms with Crippen molar-refractivity contribution in [3.05, 3.63) is 81.3 Å². The topological polar surface area (TPSA) is 80.5 Å². The molecule has 0 aliphatic carbocycles. The van der Waals surface area contributed by atoms with Crippen LogP contribution in [-0.4, -0.2) is 27.7 Å². The Bertz CT molecular complexity index is 1260. The average Bonchev–Trinajstić information content (AvgIpc) is 3.60.